The minimum Gasteiger partial charge on any atom is -0.496 e. The smallest absolute Gasteiger partial charge is 0.132 e. The number of hydrogen-bond donors (Lipinski definition) is 1. The third-order valence-corrected chi connectivity index (χ3v) is 3.79. The number of methoxy groups -OCH3 is 2. The van der Waals surface area contributed by atoms with Crippen molar-refractivity contribution >= 4 is 21.9 Å². The quantitative estimate of drug-likeness (QED) is 0.629. The first-order valence-corrected chi connectivity index (χ1v) is 7.11. The van der Waals surface area contributed by atoms with E-state index in [0.29, 0.717) is 17.2 Å². The summed E-state index contributed by atoms with van der Waals surface area (Å²) in [6.07, 6.45) is 3.50. The molecule has 114 valence electrons. The fourth-order valence-electron chi connectivity index (χ4n) is 2.67. The highest BCUT2D eigenvalue weighted by molar-refractivity contribution is 5.93. The van der Waals surface area contributed by atoms with Gasteiger partial charge in [0.2, 0.25) is 0 Å². The van der Waals surface area contributed by atoms with Crippen LogP contribution in [0.15, 0.2) is 42.7 Å². The topological polar surface area (TPSA) is 72.9 Å². The molecule has 0 unspecified atom stereocenters. The molecule has 0 atom stereocenters. The molecule has 4 aromatic rings. The molecule has 0 amide bonds. The Hall–Kier alpha value is -3.15. The maximum absolute atomic E-state index is 5.45. The van der Waals surface area contributed by atoms with Gasteiger partial charge in [0.25, 0.3) is 0 Å². The highest BCUT2D eigenvalue weighted by Crippen LogP contribution is 2.37. The van der Waals surface area contributed by atoms with Gasteiger partial charge in [-0.25, -0.2) is 4.98 Å². The fraction of sp³-hybridized carbons (Fsp3) is 0.118. The third-order valence-electron chi connectivity index (χ3n) is 3.79. The number of fused-ring (bicyclic) bond motifs is 2. The minimum absolute atomic E-state index is 0.695. The van der Waals surface area contributed by atoms with Crippen LogP contribution in [0.2, 0.25) is 0 Å². The van der Waals surface area contributed by atoms with E-state index < -0.39 is 0 Å². The zero-order valence-corrected chi connectivity index (χ0v) is 12.7. The molecule has 0 saturated carbocycles. The van der Waals surface area contributed by atoms with Gasteiger partial charge in [0.15, 0.2) is 0 Å². The Bertz CT molecular complexity index is 988. The monoisotopic (exact) mass is 306 g/mol. The lowest BCUT2D eigenvalue weighted by molar-refractivity contribution is 0.397. The molecular formula is C17H14N4O2. The maximum Gasteiger partial charge on any atom is 0.132 e. The van der Waals surface area contributed by atoms with Crippen molar-refractivity contribution in [2.45, 2.75) is 0 Å². The fourth-order valence-corrected chi connectivity index (χ4v) is 2.67. The van der Waals surface area contributed by atoms with E-state index >= 15 is 0 Å². The van der Waals surface area contributed by atoms with E-state index in [1.54, 1.807) is 26.6 Å². The zero-order valence-electron chi connectivity index (χ0n) is 12.7. The number of aromatic nitrogens is 4. The van der Waals surface area contributed by atoms with Crippen LogP contribution < -0.4 is 9.47 Å². The van der Waals surface area contributed by atoms with E-state index in [1.165, 1.54) is 0 Å². The van der Waals surface area contributed by atoms with Crippen LogP contribution in [-0.2, 0) is 0 Å². The molecule has 1 N–H and O–H groups in total. The summed E-state index contributed by atoms with van der Waals surface area (Å²) >= 11 is 0. The second kappa shape index (κ2) is 5.24. The SMILES string of the molecule is COc1cccc(OC)c1-c1cnc2cc3cn[nH]c3cc2n1. The van der Waals surface area contributed by atoms with Crippen molar-refractivity contribution in [3.05, 3.63) is 42.7 Å². The van der Waals surface area contributed by atoms with Gasteiger partial charge in [0, 0.05) is 5.39 Å². The van der Waals surface area contributed by atoms with Crippen LogP contribution in [0.1, 0.15) is 0 Å². The number of rotatable bonds is 3. The Morgan fingerprint density at radius 2 is 1.74 bits per heavy atom. The van der Waals surface area contributed by atoms with Gasteiger partial charge in [0.1, 0.15) is 11.5 Å². The van der Waals surface area contributed by atoms with Crippen LogP contribution in [0, 0.1) is 0 Å². The third kappa shape index (κ3) is 2.15. The van der Waals surface area contributed by atoms with Crippen LogP contribution in [-0.4, -0.2) is 34.4 Å². The zero-order chi connectivity index (χ0) is 15.8. The van der Waals surface area contributed by atoms with Crippen LogP contribution in [0.5, 0.6) is 11.5 Å². The average Bonchev–Trinajstić information content (AvgIpc) is 3.05. The summed E-state index contributed by atoms with van der Waals surface area (Å²) in [4.78, 5) is 9.24. The van der Waals surface area contributed by atoms with Gasteiger partial charge in [0.05, 0.1) is 54.4 Å². The summed E-state index contributed by atoms with van der Waals surface area (Å²) in [5, 5.41) is 8.00. The molecule has 23 heavy (non-hydrogen) atoms. The van der Waals surface area contributed by atoms with Crippen LogP contribution in [0.3, 0.4) is 0 Å². The van der Waals surface area contributed by atoms with Gasteiger partial charge >= 0.3 is 0 Å². The molecule has 6 heteroatoms. The number of aromatic amines is 1. The second-order valence-corrected chi connectivity index (χ2v) is 5.09. The highest BCUT2D eigenvalue weighted by atomic mass is 16.5. The molecule has 0 aliphatic rings. The standard InChI is InChI=1S/C17H14N4O2/c1-22-15-4-3-5-16(23-2)17(15)14-9-18-12-6-10-8-19-21-11(10)7-13(12)20-14/h3-9H,1-2H3,(H,19,21). The molecule has 0 aliphatic carbocycles. The summed E-state index contributed by atoms with van der Waals surface area (Å²) in [6, 6.07) is 9.54. The molecule has 6 nitrogen and oxygen atoms in total. The first-order valence-electron chi connectivity index (χ1n) is 7.11. The molecule has 2 heterocycles. The van der Waals surface area contributed by atoms with Crippen molar-refractivity contribution in [1.82, 2.24) is 20.2 Å². The lowest BCUT2D eigenvalue weighted by Crippen LogP contribution is -1.96. The molecule has 0 bridgehead atoms. The van der Waals surface area contributed by atoms with Gasteiger partial charge in [-0.1, -0.05) is 6.07 Å². The molecule has 0 radical (unpaired) electrons. The maximum atomic E-state index is 5.45. The van der Waals surface area contributed by atoms with E-state index in [0.717, 1.165) is 27.5 Å². The van der Waals surface area contributed by atoms with E-state index in [-0.39, 0.29) is 0 Å². The Morgan fingerprint density at radius 1 is 0.957 bits per heavy atom. The lowest BCUT2D eigenvalue weighted by atomic mass is 10.1. The first kappa shape index (κ1) is 13.5. The van der Waals surface area contributed by atoms with Crippen LogP contribution in [0.4, 0.5) is 0 Å². The summed E-state index contributed by atoms with van der Waals surface area (Å²) in [7, 11) is 3.25. The number of H-pyrrole nitrogens is 1. The summed E-state index contributed by atoms with van der Waals surface area (Å²) < 4.78 is 10.9. The molecule has 2 aromatic heterocycles. The Morgan fingerprint density at radius 3 is 2.48 bits per heavy atom. The molecule has 0 saturated heterocycles. The Kier molecular flexibility index (Phi) is 3.08. The van der Waals surface area contributed by atoms with E-state index in [2.05, 4.69) is 15.2 Å². The normalized spacial score (nSPS) is 11.0. The molecule has 2 aromatic carbocycles. The van der Waals surface area contributed by atoms with E-state index in [9.17, 15) is 0 Å². The second-order valence-electron chi connectivity index (χ2n) is 5.09. The van der Waals surface area contributed by atoms with Crippen molar-refractivity contribution in [3.8, 4) is 22.8 Å². The lowest BCUT2D eigenvalue weighted by Gasteiger charge is -2.12. The van der Waals surface area contributed by atoms with Crippen molar-refractivity contribution in [2.75, 3.05) is 14.2 Å². The number of ether oxygens (including phenoxy) is 2. The predicted molar refractivity (Wildman–Crippen MR) is 87.7 cm³/mol. The first-order chi connectivity index (χ1) is 11.3. The average molecular weight is 306 g/mol. The van der Waals surface area contributed by atoms with E-state index in [4.69, 9.17) is 14.5 Å². The van der Waals surface area contributed by atoms with Crippen molar-refractivity contribution in [2.24, 2.45) is 0 Å². The molecular weight excluding hydrogens is 292 g/mol. The molecule has 0 spiro atoms. The van der Waals surface area contributed by atoms with Crippen LogP contribution in [0.25, 0.3) is 33.2 Å². The van der Waals surface area contributed by atoms with E-state index in [1.807, 2.05) is 30.3 Å². The molecule has 0 fully saturated rings. The Balaban J connectivity index is 1.97. The van der Waals surface area contributed by atoms with Crippen molar-refractivity contribution in [3.63, 3.8) is 0 Å². The number of nitrogens with one attached hydrogen (secondary N) is 1. The van der Waals surface area contributed by atoms with Crippen molar-refractivity contribution in [1.29, 1.82) is 0 Å². The Labute approximate surface area is 132 Å². The summed E-state index contributed by atoms with van der Waals surface area (Å²) in [6.45, 7) is 0. The number of benzene rings is 2. The van der Waals surface area contributed by atoms with Gasteiger partial charge in [-0.2, -0.15) is 5.10 Å². The van der Waals surface area contributed by atoms with Gasteiger partial charge in [-0.05, 0) is 24.3 Å². The summed E-state index contributed by atoms with van der Waals surface area (Å²) in [5.74, 6) is 1.39. The highest BCUT2D eigenvalue weighted by Gasteiger charge is 2.15. The van der Waals surface area contributed by atoms with Gasteiger partial charge < -0.3 is 9.47 Å². The van der Waals surface area contributed by atoms with Gasteiger partial charge in [-0.3, -0.25) is 10.1 Å². The molecule has 4 rings (SSSR count). The van der Waals surface area contributed by atoms with Crippen molar-refractivity contribution < 1.29 is 9.47 Å². The number of nitrogens with zero attached hydrogens (tertiary/aromatic N) is 3. The van der Waals surface area contributed by atoms with Gasteiger partial charge in [-0.15, -0.1) is 0 Å². The largest absolute Gasteiger partial charge is 0.496 e. The minimum atomic E-state index is 0.695. The number of hydrogen-bond acceptors (Lipinski definition) is 5. The predicted octanol–water partition coefficient (Wildman–Crippen LogP) is 3.19. The summed E-state index contributed by atoms with van der Waals surface area (Å²) in [5.41, 5.74) is 4.02. The van der Waals surface area contributed by atoms with Crippen LogP contribution >= 0.6 is 0 Å². The molecule has 0 aliphatic heterocycles.